The number of thiazole rings is 1. The highest BCUT2D eigenvalue weighted by molar-refractivity contribution is 7.16. The zero-order chi connectivity index (χ0) is 13.5. The van der Waals surface area contributed by atoms with Crippen molar-refractivity contribution in [3.8, 4) is 0 Å². The molecule has 2 N–H and O–H groups in total. The van der Waals surface area contributed by atoms with Crippen LogP contribution >= 0.6 is 11.3 Å². The largest absolute Gasteiger partial charge is 0.395 e. The Labute approximate surface area is 121 Å². The second-order valence-electron chi connectivity index (χ2n) is 5.08. The average molecular weight is 281 g/mol. The second-order valence-corrected chi connectivity index (χ2v) is 5.97. The minimum atomic E-state index is 0.792. The van der Waals surface area contributed by atoms with Gasteiger partial charge >= 0.3 is 0 Å². The lowest BCUT2D eigenvalue weighted by Crippen LogP contribution is -2.25. The number of benzene rings is 2. The summed E-state index contributed by atoms with van der Waals surface area (Å²) in [5, 5.41) is 0. The van der Waals surface area contributed by atoms with E-state index in [1.807, 2.05) is 5.51 Å². The Morgan fingerprint density at radius 1 is 1.10 bits per heavy atom. The Morgan fingerprint density at radius 3 is 2.95 bits per heavy atom. The molecule has 2 aromatic carbocycles. The molecule has 1 aliphatic heterocycles. The van der Waals surface area contributed by atoms with Gasteiger partial charge in [-0.25, -0.2) is 4.98 Å². The molecule has 0 saturated heterocycles. The highest BCUT2D eigenvalue weighted by Gasteiger charge is 2.20. The van der Waals surface area contributed by atoms with Crippen LogP contribution in [0.2, 0.25) is 0 Å². The highest BCUT2D eigenvalue weighted by atomic mass is 32.1. The summed E-state index contributed by atoms with van der Waals surface area (Å²) in [5.74, 6) is 0. The van der Waals surface area contributed by atoms with Crippen molar-refractivity contribution in [3.63, 3.8) is 0 Å². The van der Waals surface area contributed by atoms with Crippen molar-refractivity contribution in [2.24, 2.45) is 0 Å². The Hall–Kier alpha value is -2.07. The minimum absolute atomic E-state index is 0.792. The monoisotopic (exact) mass is 281 g/mol. The van der Waals surface area contributed by atoms with E-state index in [0.717, 1.165) is 41.0 Å². The van der Waals surface area contributed by atoms with Gasteiger partial charge in [-0.2, -0.15) is 0 Å². The molecule has 0 amide bonds. The molecule has 3 aromatic rings. The van der Waals surface area contributed by atoms with Gasteiger partial charge in [-0.05, 0) is 36.6 Å². The molecule has 0 aliphatic carbocycles. The number of nitrogens with zero attached hydrogens (tertiary/aromatic N) is 2. The van der Waals surface area contributed by atoms with Crippen LogP contribution in [0.15, 0.2) is 41.9 Å². The van der Waals surface area contributed by atoms with Crippen LogP contribution in [0.4, 0.5) is 17.1 Å². The van der Waals surface area contributed by atoms with E-state index in [9.17, 15) is 0 Å². The Morgan fingerprint density at radius 2 is 2.00 bits per heavy atom. The van der Waals surface area contributed by atoms with Gasteiger partial charge in [0.05, 0.1) is 21.6 Å². The van der Waals surface area contributed by atoms with E-state index in [-0.39, 0.29) is 0 Å². The second kappa shape index (κ2) is 4.49. The first-order valence-electron chi connectivity index (χ1n) is 6.82. The van der Waals surface area contributed by atoms with E-state index in [4.69, 9.17) is 5.73 Å². The molecule has 20 heavy (non-hydrogen) atoms. The van der Waals surface area contributed by atoms with Gasteiger partial charge in [-0.1, -0.05) is 18.2 Å². The van der Waals surface area contributed by atoms with Crippen LogP contribution in [0.5, 0.6) is 0 Å². The molecule has 1 aromatic heterocycles. The first-order valence-corrected chi connectivity index (χ1v) is 7.69. The molecule has 0 fully saturated rings. The summed E-state index contributed by atoms with van der Waals surface area (Å²) < 4.78 is 1.15. The lowest BCUT2D eigenvalue weighted by atomic mass is 10.0. The zero-order valence-electron chi connectivity index (χ0n) is 11.0. The van der Waals surface area contributed by atoms with Crippen LogP contribution < -0.4 is 10.6 Å². The Balaban J connectivity index is 1.90. The predicted molar refractivity (Wildman–Crippen MR) is 85.8 cm³/mol. The van der Waals surface area contributed by atoms with Crippen LogP contribution in [0, 0.1) is 0 Å². The summed E-state index contributed by atoms with van der Waals surface area (Å²) in [5.41, 5.74) is 13.7. The maximum Gasteiger partial charge on any atom is 0.106 e. The number of rotatable bonds is 1. The van der Waals surface area contributed by atoms with Crippen LogP contribution in [0.3, 0.4) is 0 Å². The number of anilines is 3. The van der Waals surface area contributed by atoms with Gasteiger partial charge in [0.25, 0.3) is 0 Å². The number of para-hydroxylation sites is 1. The molecule has 4 rings (SSSR count). The third-order valence-electron chi connectivity index (χ3n) is 3.92. The number of fused-ring (bicyclic) bond motifs is 2. The van der Waals surface area contributed by atoms with Crippen molar-refractivity contribution in [1.29, 1.82) is 0 Å². The number of nitrogen functional groups attached to an aromatic ring is 1. The normalized spacial score (nSPS) is 14.5. The summed E-state index contributed by atoms with van der Waals surface area (Å²) >= 11 is 1.63. The maximum atomic E-state index is 6.35. The van der Waals surface area contributed by atoms with Gasteiger partial charge < -0.3 is 10.6 Å². The third-order valence-corrected chi connectivity index (χ3v) is 4.71. The minimum Gasteiger partial charge on any atom is -0.395 e. The summed E-state index contributed by atoms with van der Waals surface area (Å²) in [4.78, 5) is 6.72. The van der Waals surface area contributed by atoms with E-state index in [0.29, 0.717) is 0 Å². The van der Waals surface area contributed by atoms with Gasteiger partial charge in [0.1, 0.15) is 5.52 Å². The number of aryl methyl sites for hydroxylation is 1. The molecule has 4 heteroatoms. The highest BCUT2D eigenvalue weighted by Crippen LogP contribution is 2.39. The number of aromatic nitrogens is 1. The van der Waals surface area contributed by atoms with Crippen molar-refractivity contribution in [2.75, 3.05) is 17.2 Å². The third kappa shape index (κ3) is 1.68. The van der Waals surface area contributed by atoms with Gasteiger partial charge in [0, 0.05) is 12.2 Å². The number of nitrogens with two attached hydrogens (primary N) is 1. The van der Waals surface area contributed by atoms with Gasteiger partial charge in [0.2, 0.25) is 0 Å². The molecule has 0 spiro atoms. The molecule has 0 saturated carbocycles. The number of hydrogen-bond acceptors (Lipinski definition) is 4. The molecule has 2 heterocycles. The summed E-state index contributed by atoms with van der Waals surface area (Å²) in [6.07, 6.45) is 2.30. The van der Waals surface area contributed by atoms with Crippen molar-refractivity contribution in [1.82, 2.24) is 4.98 Å². The fourth-order valence-corrected chi connectivity index (χ4v) is 3.65. The van der Waals surface area contributed by atoms with E-state index in [1.54, 1.807) is 11.3 Å². The Bertz CT molecular complexity index is 778. The molecule has 3 nitrogen and oxygen atoms in total. The molecule has 0 radical (unpaired) electrons. The van der Waals surface area contributed by atoms with Gasteiger partial charge in [-0.3, -0.25) is 0 Å². The smallest absolute Gasteiger partial charge is 0.106 e. The topological polar surface area (TPSA) is 42.1 Å². The van der Waals surface area contributed by atoms with E-state index in [1.165, 1.54) is 11.3 Å². The first-order chi connectivity index (χ1) is 9.84. The molecule has 0 atom stereocenters. The first kappa shape index (κ1) is 11.7. The van der Waals surface area contributed by atoms with E-state index in [2.05, 4.69) is 46.3 Å². The molecular formula is C16H15N3S. The SMILES string of the molecule is Nc1c(N2CCCc3ccccc32)ccc2scnc12. The van der Waals surface area contributed by atoms with Crippen molar-refractivity contribution >= 4 is 38.6 Å². The van der Waals surface area contributed by atoms with Crippen molar-refractivity contribution in [2.45, 2.75) is 12.8 Å². The van der Waals surface area contributed by atoms with Gasteiger partial charge in [-0.15, -0.1) is 11.3 Å². The number of hydrogen-bond donors (Lipinski definition) is 1. The fraction of sp³-hybridized carbons (Fsp3) is 0.188. The summed E-state index contributed by atoms with van der Waals surface area (Å²) in [6, 6.07) is 12.8. The van der Waals surface area contributed by atoms with Crippen LogP contribution in [0.25, 0.3) is 10.2 Å². The van der Waals surface area contributed by atoms with Crippen LogP contribution in [-0.4, -0.2) is 11.5 Å². The van der Waals surface area contributed by atoms with E-state index >= 15 is 0 Å². The van der Waals surface area contributed by atoms with Crippen molar-refractivity contribution in [3.05, 3.63) is 47.5 Å². The maximum absolute atomic E-state index is 6.35. The van der Waals surface area contributed by atoms with E-state index < -0.39 is 0 Å². The fourth-order valence-electron chi connectivity index (χ4n) is 2.96. The molecule has 1 aliphatic rings. The van der Waals surface area contributed by atoms with Crippen LogP contribution in [-0.2, 0) is 6.42 Å². The summed E-state index contributed by atoms with van der Waals surface area (Å²) in [7, 11) is 0. The Kier molecular flexibility index (Phi) is 2.63. The molecule has 100 valence electrons. The molecule has 0 bridgehead atoms. The lowest BCUT2D eigenvalue weighted by molar-refractivity contribution is 0.767. The lowest BCUT2D eigenvalue weighted by Gasteiger charge is -2.32. The van der Waals surface area contributed by atoms with Crippen molar-refractivity contribution < 1.29 is 0 Å². The van der Waals surface area contributed by atoms with Crippen LogP contribution in [0.1, 0.15) is 12.0 Å². The molecular weight excluding hydrogens is 266 g/mol. The zero-order valence-corrected chi connectivity index (χ0v) is 11.9. The average Bonchev–Trinajstić information content (AvgIpc) is 2.97. The predicted octanol–water partition coefficient (Wildman–Crippen LogP) is 3.96. The summed E-state index contributed by atoms with van der Waals surface area (Å²) in [6.45, 7) is 1.01. The standard InChI is InChI=1S/C16H15N3S/c17-15-13(7-8-14-16(15)18-10-20-14)19-9-3-5-11-4-1-2-6-12(11)19/h1-2,4,6-8,10H,3,5,9,17H2. The van der Waals surface area contributed by atoms with Gasteiger partial charge in [0.15, 0.2) is 0 Å². The molecule has 0 unspecified atom stereocenters. The quantitative estimate of drug-likeness (QED) is 0.686.